The first kappa shape index (κ1) is 6.24. The predicted octanol–water partition coefficient (Wildman–Crippen LogP) is 1.58. The highest BCUT2D eigenvalue weighted by atomic mass is 16.3. The monoisotopic (exact) mass is 150 g/mol. The summed E-state index contributed by atoms with van der Waals surface area (Å²) in [6.45, 7) is 0. The Kier molecular flexibility index (Phi) is 1.07. The summed E-state index contributed by atoms with van der Waals surface area (Å²) in [6.07, 6.45) is 8.41. The van der Waals surface area contributed by atoms with E-state index in [1.807, 2.05) is 0 Å². The van der Waals surface area contributed by atoms with Gasteiger partial charge in [-0.25, -0.2) is 0 Å². The Morgan fingerprint density at radius 2 is 2.09 bits per heavy atom. The maximum atomic E-state index is 9.80. The van der Waals surface area contributed by atoms with Crippen molar-refractivity contribution in [3.8, 4) is 0 Å². The molecule has 5 unspecified atom stereocenters. The van der Waals surface area contributed by atoms with Crippen molar-refractivity contribution in [1.29, 1.82) is 0 Å². The van der Waals surface area contributed by atoms with E-state index in [2.05, 4.69) is 12.2 Å². The molecule has 1 N–H and O–H groups in total. The molecule has 0 heterocycles. The van der Waals surface area contributed by atoms with Gasteiger partial charge in [0.05, 0.1) is 6.10 Å². The minimum Gasteiger partial charge on any atom is -0.393 e. The first-order chi connectivity index (χ1) is 5.36. The topological polar surface area (TPSA) is 20.2 Å². The molecule has 1 nitrogen and oxygen atoms in total. The van der Waals surface area contributed by atoms with E-state index in [4.69, 9.17) is 0 Å². The lowest BCUT2D eigenvalue weighted by atomic mass is 9.74. The Hall–Kier alpha value is -0.300. The van der Waals surface area contributed by atoms with Crippen LogP contribution < -0.4 is 0 Å². The summed E-state index contributed by atoms with van der Waals surface area (Å²) < 4.78 is 0. The summed E-state index contributed by atoms with van der Waals surface area (Å²) in [5, 5.41) is 9.80. The number of aliphatic hydroxyl groups is 1. The molecule has 0 saturated heterocycles. The van der Waals surface area contributed by atoms with E-state index in [0.717, 1.165) is 18.3 Å². The standard InChI is InChI=1S/C10H14O/c11-10-7-4-6-2-1-3-8(10)9(6)5-7/h1-2,6-11H,3-5H2. The molecule has 60 valence electrons. The number of fused-ring (bicyclic) bond motifs is 1. The van der Waals surface area contributed by atoms with Crippen molar-refractivity contribution in [2.24, 2.45) is 23.7 Å². The fourth-order valence-electron chi connectivity index (χ4n) is 3.46. The van der Waals surface area contributed by atoms with Crippen molar-refractivity contribution in [1.82, 2.24) is 0 Å². The molecule has 3 aliphatic rings. The average Bonchev–Trinajstić information content (AvgIpc) is 2.53. The zero-order valence-electron chi connectivity index (χ0n) is 6.61. The van der Waals surface area contributed by atoms with Crippen LogP contribution in [-0.4, -0.2) is 11.2 Å². The van der Waals surface area contributed by atoms with Crippen molar-refractivity contribution < 1.29 is 5.11 Å². The zero-order valence-corrected chi connectivity index (χ0v) is 6.61. The van der Waals surface area contributed by atoms with E-state index in [1.54, 1.807) is 0 Å². The van der Waals surface area contributed by atoms with Gasteiger partial charge in [-0.2, -0.15) is 0 Å². The highest BCUT2D eigenvalue weighted by Gasteiger charge is 2.51. The number of rotatable bonds is 0. The van der Waals surface area contributed by atoms with Gasteiger partial charge in [0.1, 0.15) is 0 Å². The predicted molar refractivity (Wildman–Crippen MR) is 43.0 cm³/mol. The summed E-state index contributed by atoms with van der Waals surface area (Å²) in [5.41, 5.74) is 0. The normalized spacial score (nSPS) is 58.8. The van der Waals surface area contributed by atoms with E-state index < -0.39 is 0 Å². The molecule has 11 heavy (non-hydrogen) atoms. The second kappa shape index (κ2) is 1.89. The van der Waals surface area contributed by atoms with Gasteiger partial charge in [-0.15, -0.1) is 0 Å². The van der Waals surface area contributed by atoms with Gasteiger partial charge in [-0.1, -0.05) is 12.2 Å². The molecular weight excluding hydrogens is 136 g/mol. The van der Waals surface area contributed by atoms with Gasteiger partial charge in [-0.3, -0.25) is 0 Å². The average molecular weight is 150 g/mol. The Morgan fingerprint density at radius 3 is 2.82 bits per heavy atom. The van der Waals surface area contributed by atoms with Gasteiger partial charge in [0, 0.05) is 0 Å². The van der Waals surface area contributed by atoms with Gasteiger partial charge in [-0.05, 0) is 42.9 Å². The molecule has 0 spiro atoms. The summed E-state index contributed by atoms with van der Waals surface area (Å²) in [7, 11) is 0. The quantitative estimate of drug-likeness (QED) is 0.520. The first-order valence-corrected chi connectivity index (χ1v) is 4.71. The summed E-state index contributed by atoms with van der Waals surface area (Å²) in [6, 6.07) is 0. The minimum atomic E-state index is 0.0428. The Morgan fingerprint density at radius 1 is 1.18 bits per heavy atom. The number of allylic oxidation sites excluding steroid dienone is 2. The molecular formula is C10H14O. The maximum absolute atomic E-state index is 9.80. The molecule has 0 aromatic rings. The molecule has 2 saturated carbocycles. The van der Waals surface area contributed by atoms with E-state index in [0.29, 0.717) is 11.8 Å². The van der Waals surface area contributed by atoms with Gasteiger partial charge >= 0.3 is 0 Å². The van der Waals surface area contributed by atoms with Gasteiger partial charge in [0.15, 0.2) is 0 Å². The number of aliphatic hydroxyl groups excluding tert-OH is 1. The molecule has 0 amide bonds. The van der Waals surface area contributed by atoms with Crippen LogP contribution in [0.15, 0.2) is 12.2 Å². The van der Waals surface area contributed by atoms with Crippen LogP contribution in [0.3, 0.4) is 0 Å². The van der Waals surface area contributed by atoms with Crippen molar-refractivity contribution in [3.05, 3.63) is 12.2 Å². The highest BCUT2D eigenvalue weighted by Crippen LogP contribution is 2.55. The van der Waals surface area contributed by atoms with Crippen molar-refractivity contribution in [2.75, 3.05) is 0 Å². The lowest BCUT2D eigenvalue weighted by Gasteiger charge is -2.34. The van der Waals surface area contributed by atoms with E-state index >= 15 is 0 Å². The molecule has 0 aromatic heterocycles. The van der Waals surface area contributed by atoms with Crippen molar-refractivity contribution in [3.63, 3.8) is 0 Å². The van der Waals surface area contributed by atoms with E-state index in [-0.39, 0.29) is 6.10 Å². The van der Waals surface area contributed by atoms with Crippen LogP contribution in [0.2, 0.25) is 0 Å². The Labute approximate surface area is 67.1 Å². The molecule has 1 heteroatoms. The van der Waals surface area contributed by atoms with Gasteiger partial charge < -0.3 is 5.11 Å². The Balaban J connectivity index is 2.01. The molecule has 0 aliphatic heterocycles. The number of hydrogen-bond acceptors (Lipinski definition) is 1. The summed E-state index contributed by atoms with van der Waals surface area (Å²) in [5.74, 6) is 2.96. The van der Waals surface area contributed by atoms with E-state index in [9.17, 15) is 5.11 Å². The smallest absolute Gasteiger partial charge is 0.0602 e. The van der Waals surface area contributed by atoms with Crippen LogP contribution in [0.5, 0.6) is 0 Å². The molecule has 3 aliphatic carbocycles. The van der Waals surface area contributed by atoms with Gasteiger partial charge in [0.2, 0.25) is 0 Å². The SMILES string of the molecule is OC1C2CC3C=CCC1C3C2. The first-order valence-electron chi connectivity index (χ1n) is 4.71. The zero-order chi connectivity index (χ0) is 7.42. The van der Waals surface area contributed by atoms with Crippen LogP contribution in [0, 0.1) is 23.7 Å². The summed E-state index contributed by atoms with van der Waals surface area (Å²) >= 11 is 0. The molecule has 5 atom stereocenters. The number of hydrogen-bond donors (Lipinski definition) is 1. The molecule has 0 aromatic carbocycles. The molecule has 0 radical (unpaired) electrons. The maximum Gasteiger partial charge on any atom is 0.0602 e. The Bertz CT molecular complexity index is 209. The largest absolute Gasteiger partial charge is 0.393 e. The van der Waals surface area contributed by atoms with Crippen LogP contribution >= 0.6 is 0 Å². The fourth-order valence-corrected chi connectivity index (χ4v) is 3.46. The fraction of sp³-hybridized carbons (Fsp3) is 0.800. The third-order valence-corrected chi connectivity index (χ3v) is 3.96. The van der Waals surface area contributed by atoms with Crippen molar-refractivity contribution >= 4 is 0 Å². The summed E-state index contributed by atoms with van der Waals surface area (Å²) in [4.78, 5) is 0. The highest BCUT2D eigenvalue weighted by molar-refractivity contribution is 5.12. The lowest BCUT2D eigenvalue weighted by molar-refractivity contribution is 0.0434. The van der Waals surface area contributed by atoms with Crippen LogP contribution in [0.4, 0.5) is 0 Å². The second-order valence-corrected chi connectivity index (χ2v) is 4.38. The van der Waals surface area contributed by atoms with Crippen molar-refractivity contribution in [2.45, 2.75) is 25.4 Å². The third kappa shape index (κ3) is 0.652. The minimum absolute atomic E-state index is 0.0428. The molecule has 2 bridgehead atoms. The molecule has 3 rings (SSSR count). The van der Waals surface area contributed by atoms with Crippen LogP contribution in [-0.2, 0) is 0 Å². The van der Waals surface area contributed by atoms with Crippen LogP contribution in [0.25, 0.3) is 0 Å². The second-order valence-electron chi connectivity index (χ2n) is 4.38. The third-order valence-electron chi connectivity index (χ3n) is 3.96. The lowest BCUT2D eigenvalue weighted by Crippen LogP contribution is -2.33. The van der Waals surface area contributed by atoms with Crippen LogP contribution in [0.1, 0.15) is 19.3 Å². The van der Waals surface area contributed by atoms with Gasteiger partial charge in [0.25, 0.3) is 0 Å². The van der Waals surface area contributed by atoms with E-state index in [1.165, 1.54) is 12.8 Å². The molecule has 2 fully saturated rings.